The first-order valence-corrected chi connectivity index (χ1v) is 7.87. The van der Waals surface area contributed by atoms with Gasteiger partial charge in [0, 0.05) is 36.6 Å². The van der Waals surface area contributed by atoms with Crippen LogP contribution in [0.5, 0.6) is 11.5 Å². The van der Waals surface area contributed by atoms with E-state index in [4.69, 9.17) is 9.47 Å². The molecule has 3 rings (SSSR count). The Balaban J connectivity index is 1.81. The SMILES string of the molecule is C1=NCCCCN=Cc2ccccc2OCOc2ccccc21. The van der Waals surface area contributed by atoms with Crippen LogP contribution in [0.25, 0.3) is 0 Å². The molecule has 0 saturated carbocycles. The largest absolute Gasteiger partial charge is 0.457 e. The van der Waals surface area contributed by atoms with Crippen molar-refractivity contribution < 1.29 is 9.47 Å². The molecule has 2 aromatic carbocycles. The number of rotatable bonds is 0. The third kappa shape index (κ3) is 4.42. The second-order valence-corrected chi connectivity index (χ2v) is 5.26. The van der Waals surface area contributed by atoms with Gasteiger partial charge in [0.15, 0.2) is 0 Å². The highest BCUT2D eigenvalue weighted by Crippen LogP contribution is 2.19. The zero-order chi connectivity index (χ0) is 15.7. The third-order valence-corrected chi connectivity index (χ3v) is 3.55. The first-order chi connectivity index (χ1) is 11.4. The summed E-state index contributed by atoms with van der Waals surface area (Å²) in [5.41, 5.74) is 1.94. The van der Waals surface area contributed by atoms with Crippen LogP contribution in [0.4, 0.5) is 0 Å². The maximum absolute atomic E-state index is 5.76. The molecule has 0 amide bonds. The summed E-state index contributed by atoms with van der Waals surface area (Å²) in [5.74, 6) is 1.55. The number of hydrogen-bond acceptors (Lipinski definition) is 4. The van der Waals surface area contributed by atoms with Crippen molar-refractivity contribution in [2.75, 3.05) is 19.9 Å². The molecule has 1 heterocycles. The fraction of sp³-hybridized carbons (Fsp3) is 0.263. The lowest BCUT2D eigenvalue weighted by Gasteiger charge is -2.11. The number of hydrogen-bond donors (Lipinski definition) is 0. The van der Waals surface area contributed by atoms with Gasteiger partial charge in [0.25, 0.3) is 0 Å². The van der Waals surface area contributed by atoms with Crippen molar-refractivity contribution in [1.29, 1.82) is 0 Å². The molecule has 23 heavy (non-hydrogen) atoms. The Hall–Kier alpha value is -2.62. The Morgan fingerprint density at radius 1 is 0.652 bits per heavy atom. The number of nitrogens with zero attached hydrogens (tertiary/aromatic N) is 2. The predicted octanol–water partition coefficient (Wildman–Crippen LogP) is 3.73. The van der Waals surface area contributed by atoms with Crippen LogP contribution in [-0.2, 0) is 0 Å². The molecule has 1 aliphatic rings. The zero-order valence-electron chi connectivity index (χ0n) is 13.0. The van der Waals surface area contributed by atoms with E-state index in [0.717, 1.165) is 48.6 Å². The molecular weight excluding hydrogens is 288 g/mol. The first kappa shape index (κ1) is 15.3. The summed E-state index contributed by atoms with van der Waals surface area (Å²) >= 11 is 0. The molecule has 0 aromatic heterocycles. The van der Waals surface area contributed by atoms with Crippen molar-refractivity contribution >= 4 is 12.4 Å². The van der Waals surface area contributed by atoms with Gasteiger partial charge in [-0.05, 0) is 37.1 Å². The van der Waals surface area contributed by atoms with Crippen LogP contribution in [-0.4, -0.2) is 32.3 Å². The van der Waals surface area contributed by atoms with E-state index in [1.165, 1.54) is 0 Å². The molecule has 0 N–H and O–H groups in total. The summed E-state index contributed by atoms with van der Waals surface area (Å²) in [6, 6.07) is 15.7. The summed E-state index contributed by atoms with van der Waals surface area (Å²) in [6.45, 7) is 1.75. The number of fused-ring (bicyclic) bond motifs is 2. The minimum Gasteiger partial charge on any atom is -0.457 e. The van der Waals surface area contributed by atoms with E-state index in [1.807, 2.05) is 61.0 Å². The summed E-state index contributed by atoms with van der Waals surface area (Å²) in [4.78, 5) is 8.93. The molecule has 0 fully saturated rings. The van der Waals surface area contributed by atoms with Crippen molar-refractivity contribution in [3.05, 3.63) is 59.7 Å². The van der Waals surface area contributed by atoms with Crippen LogP contribution < -0.4 is 9.47 Å². The molecule has 0 bridgehead atoms. The fourth-order valence-electron chi connectivity index (χ4n) is 2.33. The Bertz CT molecular complexity index is 636. The Morgan fingerprint density at radius 3 is 1.65 bits per heavy atom. The van der Waals surface area contributed by atoms with E-state index >= 15 is 0 Å². The van der Waals surface area contributed by atoms with Gasteiger partial charge in [0.2, 0.25) is 6.79 Å². The molecule has 4 nitrogen and oxygen atoms in total. The Kier molecular flexibility index (Phi) is 5.40. The maximum atomic E-state index is 5.76. The van der Waals surface area contributed by atoms with Crippen molar-refractivity contribution in [3.63, 3.8) is 0 Å². The van der Waals surface area contributed by atoms with Gasteiger partial charge in [-0.15, -0.1) is 0 Å². The lowest BCUT2D eigenvalue weighted by atomic mass is 10.2. The molecule has 4 heteroatoms. The van der Waals surface area contributed by atoms with Gasteiger partial charge in [-0.25, -0.2) is 0 Å². The van der Waals surface area contributed by atoms with Crippen molar-refractivity contribution in [2.24, 2.45) is 9.98 Å². The van der Waals surface area contributed by atoms with Gasteiger partial charge in [-0.1, -0.05) is 24.3 Å². The van der Waals surface area contributed by atoms with Crippen molar-refractivity contribution in [3.8, 4) is 11.5 Å². The van der Waals surface area contributed by atoms with Crippen LogP contribution in [0.3, 0.4) is 0 Å². The minimum absolute atomic E-state index is 0.149. The Morgan fingerprint density at radius 2 is 1.13 bits per heavy atom. The van der Waals surface area contributed by atoms with Gasteiger partial charge in [0.05, 0.1) is 0 Å². The average molecular weight is 308 g/mol. The molecule has 0 aliphatic carbocycles. The second kappa shape index (κ2) is 8.13. The normalized spacial score (nSPS) is 15.3. The topological polar surface area (TPSA) is 43.2 Å². The smallest absolute Gasteiger partial charge is 0.230 e. The second-order valence-electron chi connectivity index (χ2n) is 5.26. The molecule has 1 aliphatic heterocycles. The van der Waals surface area contributed by atoms with E-state index in [-0.39, 0.29) is 6.79 Å². The molecule has 118 valence electrons. The maximum Gasteiger partial charge on any atom is 0.230 e. The number of para-hydroxylation sites is 2. The van der Waals surface area contributed by atoms with Gasteiger partial charge >= 0.3 is 0 Å². The quantitative estimate of drug-likeness (QED) is 0.744. The van der Waals surface area contributed by atoms with Crippen molar-refractivity contribution in [2.45, 2.75) is 12.8 Å². The molecule has 0 unspecified atom stereocenters. The molecular formula is C19H20N2O2. The first-order valence-electron chi connectivity index (χ1n) is 7.87. The summed E-state index contributed by atoms with van der Waals surface area (Å²) < 4.78 is 11.5. The molecule has 0 atom stereocenters. The lowest BCUT2D eigenvalue weighted by molar-refractivity contribution is 0.119. The molecule has 0 saturated heterocycles. The Labute approximate surface area is 136 Å². The van der Waals surface area contributed by atoms with Gasteiger partial charge < -0.3 is 9.47 Å². The van der Waals surface area contributed by atoms with Crippen molar-refractivity contribution in [1.82, 2.24) is 0 Å². The number of benzene rings is 2. The highest BCUT2D eigenvalue weighted by Gasteiger charge is 2.04. The van der Waals surface area contributed by atoms with E-state index in [1.54, 1.807) is 0 Å². The summed E-state index contributed by atoms with van der Waals surface area (Å²) in [5, 5.41) is 0. The van der Waals surface area contributed by atoms with Crippen LogP contribution in [0, 0.1) is 0 Å². The van der Waals surface area contributed by atoms with Crippen LogP contribution >= 0.6 is 0 Å². The molecule has 0 spiro atoms. The molecule has 2 aromatic rings. The highest BCUT2D eigenvalue weighted by molar-refractivity contribution is 5.84. The number of ether oxygens (including phenoxy) is 2. The van der Waals surface area contributed by atoms with E-state index in [0.29, 0.717) is 0 Å². The zero-order valence-corrected chi connectivity index (χ0v) is 13.0. The average Bonchev–Trinajstić information content (AvgIpc) is 2.59. The van der Waals surface area contributed by atoms with E-state index in [2.05, 4.69) is 9.98 Å². The van der Waals surface area contributed by atoms with Gasteiger partial charge in [0.1, 0.15) is 11.5 Å². The van der Waals surface area contributed by atoms with Crippen LogP contribution in [0.2, 0.25) is 0 Å². The monoisotopic (exact) mass is 308 g/mol. The lowest BCUT2D eigenvalue weighted by Crippen LogP contribution is -2.08. The van der Waals surface area contributed by atoms with Gasteiger partial charge in [-0.3, -0.25) is 9.98 Å². The van der Waals surface area contributed by atoms with E-state index in [9.17, 15) is 0 Å². The summed E-state index contributed by atoms with van der Waals surface area (Å²) in [7, 11) is 0. The third-order valence-electron chi connectivity index (χ3n) is 3.55. The van der Waals surface area contributed by atoms with E-state index < -0.39 is 0 Å². The summed E-state index contributed by atoms with van der Waals surface area (Å²) in [6.07, 6.45) is 5.78. The fourth-order valence-corrected chi connectivity index (χ4v) is 2.33. The predicted molar refractivity (Wildman–Crippen MR) is 93.2 cm³/mol. The standard InChI is InChI=1S/C19H20N2O2/c1-3-9-18-16(7-1)13-20-11-5-6-12-21-14-17-8-2-4-10-19(17)23-15-22-18/h1-4,7-10,13-14H,5-6,11-12,15H2. The highest BCUT2D eigenvalue weighted by atomic mass is 16.7. The number of aliphatic imine (C=N–C) groups is 2. The minimum atomic E-state index is 0.149. The molecule has 0 radical (unpaired) electrons. The van der Waals surface area contributed by atoms with Crippen LogP contribution in [0.15, 0.2) is 58.5 Å². The van der Waals surface area contributed by atoms with Gasteiger partial charge in [-0.2, -0.15) is 0 Å². The van der Waals surface area contributed by atoms with Crippen LogP contribution in [0.1, 0.15) is 24.0 Å².